The Kier molecular flexibility index (Phi) is 4.21. The highest BCUT2D eigenvalue weighted by Crippen LogP contribution is 2.37. The number of nitrogens with one attached hydrogen (secondary N) is 1. The van der Waals surface area contributed by atoms with E-state index >= 15 is 0 Å². The van der Waals surface area contributed by atoms with E-state index in [-0.39, 0.29) is 17.3 Å². The van der Waals surface area contributed by atoms with Crippen molar-refractivity contribution in [3.05, 3.63) is 33.9 Å². The molecular weight excluding hydrogens is 298 g/mol. The van der Waals surface area contributed by atoms with E-state index in [1.54, 1.807) is 11.0 Å². The van der Waals surface area contributed by atoms with E-state index in [0.717, 1.165) is 25.9 Å². The van der Waals surface area contributed by atoms with Crippen LogP contribution in [0.3, 0.4) is 0 Å². The first kappa shape index (κ1) is 15.7. The predicted octanol–water partition coefficient (Wildman–Crippen LogP) is 1.82. The third-order valence-electron chi connectivity index (χ3n) is 5.07. The molecule has 2 saturated heterocycles. The molecule has 0 radical (unpaired) electrons. The monoisotopic (exact) mass is 319 g/mol. The largest absolute Gasteiger partial charge is 0.490 e. The molecule has 0 bridgehead atoms. The summed E-state index contributed by atoms with van der Waals surface area (Å²) in [6, 6.07) is 4.38. The molecule has 7 nitrogen and oxygen atoms in total. The predicted molar refractivity (Wildman–Crippen MR) is 84.7 cm³/mol. The molecule has 1 aromatic carbocycles. The molecule has 1 N–H and O–H groups in total. The number of likely N-dealkylation sites (tertiary alicyclic amines) is 1. The van der Waals surface area contributed by atoms with Crippen LogP contribution in [0.5, 0.6) is 5.75 Å². The molecule has 2 heterocycles. The highest BCUT2D eigenvalue weighted by Gasteiger charge is 2.38. The Morgan fingerprint density at radius 2 is 2.09 bits per heavy atom. The summed E-state index contributed by atoms with van der Waals surface area (Å²) < 4.78 is 4.98. The molecule has 3 rings (SSSR count). The SMILES string of the molecule is COc1ccc(C(=O)N2CCC3(CCNC3)CC2)cc1[N+](=O)[O-]. The van der Waals surface area contributed by atoms with E-state index in [9.17, 15) is 14.9 Å². The fraction of sp³-hybridized carbons (Fsp3) is 0.562. The highest BCUT2D eigenvalue weighted by atomic mass is 16.6. The van der Waals surface area contributed by atoms with Crippen LogP contribution in [-0.4, -0.2) is 49.0 Å². The van der Waals surface area contributed by atoms with E-state index in [1.807, 2.05) is 0 Å². The number of nitro groups is 1. The molecule has 0 atom stereocenters. The van der Waals surface area contributed by atoms with E-state index < -0.39 is 4.92 Å². The standard InChI is InChI=1S/C16H21N3O4/c1-23-14-3-2-12(10-13(14)19(21)22)15(20)18-8-5-16(6-9-18)4-7-17-11-16/h2-3,10,17H,4-9,11H2,1H3. The van der Waals surface area contributed by atoms with Crippen LogP contribution < -0.4 is 10.1 Å². The zero-order valence-corrected chi connectivity index (χ0v) is 13.2. The van der Waals surface area contributed by atoms with Crippen LogP contribution in [0.15, 0.2) is 18.2 Å². The fourth-order valence-corrected chi connectivity index (χ4v) is 3.55. The number of methoxy groups -OCH3 is 1. The molecular formula is C16H21N3O4. The van der Waals surface area contributed by atoms with Crippen LogP contribution in [0, 0.1) is 15.5 Å². The van der Waals surface area contributed by atoms with Gasteiger partial charge in [0, 0.05) is 31.3 Å². The number of nitro benzene ring substituents is 1. The van der Waals surface area contributed by atoms with Gasteiger partial charge < -0.3 is 15.0 Å². The fourth-order valence-electron chi connectivity index (χ4n) is 3.55. The molecule has 0 aromatic heterocycles. The Morgan fingerprint density at radius 1 is 1.35 bits per heavy atom. The zero-order valence-electron chi connectivity index (χ0n) is 13.2. The lowest BCUT2D eigenvalue weighted by Crippen LogP contribution is -2.44. The molecule has 2 aliphatic heterocycles. The number of benzene rings is 1. The molecule has 2 aliphatic rings. The van der Waals surface area contributed by atoms with Crippen LogP contribution in [0.2, 0.25) is 0 Å². The van der Waals surface area contributed by atoms with Gasteiger partial charge in [0.15, 0.2) is 5.75 Å². The second kappa shape index (κ2) is 6.16. The van der Waals surface area contributed by atoms with Crippen molar-refractivity contribution in [3.8, 4) is 5.75 Å². The number of hydrogen-bond acceptors (Lipinski definition) is 5. The van der Waals surface area contributed by atoms with Crippen LogP contribution >= 0.6 is 0 Å². The highest BCUT2D eigenvalue weighted by molar-refractivity contribution is 5.95. The van der Waals surface area contributed by atoms with Crippen LogP contribution in [0.25, 0.3) is 0 Å². The van der Waals surface area contributed by atoms with Crippen molar-refractivity contribution >= 4 is 11.6 Å². The minimum Gasteiger partial charge on any atom is -0.490 e. The van der Waals surface area contributed by atoms with Gasteiger partial charge in [-0.25, -0.2) is 0 Å². The van der Waals surface area contributed by atoms with E-state index in [0.29, 0.717) is 24.1 Å². The van der Waals surface area contributed by atoms with E-state index in [1.165, 1.54) is 25.7 Å². The van der Waals surface area contributed by atoms with E-state index in [2.05, 4.69) is 5.32 Å². The van der Waals surface area contributed by atoms with Gasteiger partial charge in [-0.05, 0) is 43.4 Å². The second-order valence-corrected chi connectivity index (χ2v) is 6.36. The maximum absolute atomic E-state index is 12.6. The average molecular weight is 319 g/mol. The van der Waals surface area contributed by atoms with Crippen molar-refractivity contribution in [1.29, 1.82) is 0 Å². The molecule has 1 spiro atoms. The summed E-state index contributed by atoms with van der Waals surface area (Å²) in [7, 11) is 1.38. The number of carbonyl (C=O) groups excluding carboxylic acids is 1. The quantitative estimate of drug-likeness (QED) is 0.678. The Morgan fingerprint density at radius 3 is 2.65 bits per heavy atom. The minimum atomic E-state index is -0.523. The Hall–Kier alpha value is -2.15. The third-order valence-corrected chi connectivity index (χ3v) is 5.07. The lowest BCUT2D eigenvalue weighted by molar-refractivity contribution is -0.385. The Balaban J connectivity index is 1.73. The number of nitrogens with zero attached hydrogens (tertiary/aromatic N) is 2. The van der Waals surface area contributed by atoms with Crippen molar-refractivity contribution in [2.75, 3.05) is 33.3 Å². The smallest absolute Gasteiger partial charge is 0.311 e. The van der Waals surface area contributed by atoms with Gasteiger partial charge in [0.05, 0.1) is 12.0 Å². The zero-order chi connectivity index (χ0) is 16.4. The number of hydrogen-bond donors (Lipinski definition) is 1. The number of rotatable bonds is 3. The summed E-state index contributed by atoms with van der Waals surface area (Å²) >= 11 is 0. The average Bonchev–Trinajstić information content (AvgIpc) is 3.02. The molecule has 23 heavy (non-hydrogen) atoms. The maximum Gasteiger partial charge on any atom is 0.311 e. The summed E-state index contributed by atoms with van der Waals surface area (Å²) in [6.45, 7) is 3.50. The normalized spacial score (nSPS) is 19.8. The van der Waals surface area contributed by atoms with Crippen molar-refractivity contribution in [2.24, 2.45) is 5.41 Å². The van der Waals surface area contributed by atoms with Crippen LogP contribution in [-0.2, 0) is 0 Å². The molecule has 0 saturated carbocycles. The summed E-state index contributed by atoms with van der Waals surface area (Å²) in [5.74, 6) is 0.0257. The van der Waals surface area contributed by atoms with Gasteiger partial charge in [-0.1, -0.05) is 0 Å². The molecule has 7 heteroatoms. The van der Waals surface area contributed by atoms with Crippen molar-refractivity contribution in [1.82, 2.24) is 10.2 Å². The van der Waals surface area contributed by atoms with Gasteiger partial charge in [0.1, 0.15) is 0 Å². The lowest BCUT2D eigenvalue weighted by atomic mass is 9.78. The van der Waals surface area contributed by atoms with Gasteiger partial charge in [0.25, 0.3) is 5.91 Å². The Bertz CT molecular complexity index is 616. The first-order chi connectivity index (χ1) is 11.0. The number of carbonyl (C=O) groups is 1. The van der Waals surface area contributed by atoms with Crippen LogP contribution in [0.4, 0.5) is 5.69 Å². The number of ether oxygens (including phenoxy) is 1. The second-order valence-electron chi connectivity index (χ2n) is 6.36. The molecule has 0 aliphatic carbocycles. The molecule has 124 valence electrons. The van der Waals surface area contributed by atoms with Gasteiger partial charge in [-0.15, -0.1) is 0 Å². The molecule has 1 amide bonds. The van der Waals surface area contributed by atoms with Crippen LogP contribution in [0.1, 0.15) is 29.6 Å². The summed E-state index contributed by atoms with van der Waals surface area (Å²) in [6.07, 6.45) is 3.15. The molecule has 1 aromatic rings. The summed E-state index contributed by atoms with van der Waals surface area (Å²) in [4.78, 5) is 25.0. The van der Waals surface area contributed by atoms with Gasteiger partial charge in [-0.3, -0.25) is 14.9 Å². The summed E-state index contributed by atoms with van der Waals surface area (Å²) in [5.41, 5.74) is 0.507. The maximum atomic E-state index is 12.6. The van der Waals surface area contributed by atoms with Gasteiger partial charge >= 0.3 is 5.69 Å². The number of amides is 1. The van der Waals surface area contributed by atoms with E-state index in [4.69, 9.17) is 4.74 Å². The first-order valence-electron chi connectivity index (χ1n) is 7.87. The van der Waals surface area contributed by atoms with Crippen molar-refractivity contribution in [3.63, 3.8) is 0 Å². The first-order valence-corrected chi connectivity index (χ1v) is 7.87. The molecule has 0 unspecified atom stereocenters. The third kappa shape index (κ3) is 3.01. The van der Waals surface area contributed by atoms with Gasteiger partial charge in [0.2, 0.25) is 0 Å². The van der Waals surface area contributed by atoms with Crippen molar-refractivity contribution in [2.45, 2.75) is 19.3 Å². The summed E-state index contributed by atoms with van der Waals surface area (Å²) in [5, 5.41) is 14.5. The van der Waals surface area contributed by atoms with Crippen molar-refractivity contribution < 1.29 is 14.5 Å². The lowest BCUT2D eigenvalue weighted by Gasteiger charge is -2.38. The Labute approximate surface area is 134 Å². The minimum absolute atomic E-state index is 0.142. The topological polar surface area (TPSA) is 84.7 Å². The molecule has 2 fully saturated rings. The van der Waals surface area contributed by atoms with Gasteiger partial charge in [-0.2, -0.15) is 0 Å². The number of piperidine rings is 1.